The van der Waals surface area contributed by atoms with Gasteiger partial charge >= 0.3 is 0 Å². The van der Waals surface area contributed by atoms with Gasteiger partial charge in [-0.05, 0) is 19.1 Å². The molecular weight excluding hydrogens is 232 g/mol. The molecule has 0 bridgehead atoms. The number of nitrogens with zero attached hydrogens (tertiary/aromatic N) is 3. The average Bonchev–Trinajstić information content (AvgIpc) is 2.39. The lowest BCUT2D eigenvalue weighted by atomic mass is 10.4. The second-order valence-electron chi connectivity index (χ2n) is 3.38. The first-order valence-electron chi connectivity index (χ1n) is 5.47. The van der Waals surface area contributed by atoms with Crippen LogP contribution in [0.5, 0.6) is 0 Å². The minimum absolute atomic E-state index is 0.803. The van der Waals surface area contributed by atoms with E-state index in [1.54, 1.807) is 30.4 Å². The summed E-state index contributed by atoms with van der Waals surface area (Å²) in [4.78, 5) is 12.7. The van der Waals surface area contributed by atoms with Crippen molar-refractivity contribution in [3.05, 3.63) is 42.5 Å². The number of rotatable bonds is 5. The van der Waals surface area contributed by atoms with E-state index in [0.29, 0.717) is 0 Å². The zero-order valence-electron chi connectivity index (χ0n) is 9.63. The molecule has 0 aliphatic heterocycles. The van der Waals surface area contributed by atoms with Crippen LogP contribution in [0.4, 0.5) is 5.82 Å². The molecule has 2 aromatic rings. The topological polar surface area (TPSA) is 50.7 Å². The molecule has 4 nitrogen and oxygen atoms in total. The van der Waals surface area contributed by atoms with Crippen molar-refractivity contribution in [2.24, 2.45) is 0 Å². The van der Waals surface area contributed by atoms with E-state index in [4.69, 9.17) is 0 Å². The van der Waals surface area contributed by atoms with Crippen LogP contribution >= 0.6 is 11.8 Å². The van der Waals surface area contributed by atoms with Crippen LogP contribution < -0.4 is 5.32 Å². The summed E-state index contributed by atoms with van der Waals surface area (Å²) in [6.45, 7) is 2.94. The van der Waals surface area contributed by atoms with Gasteiger partial charge in [0.25, 0.3) is 0 Å². The van der Waals surface area contributed by atoms with Gasteiger partial charge in [-0.15, -0.1) is 0 Å². The highest BCUT2D eigenvalue weighted by molar-refractivity contribution is 7.98. The Morgan fingerprint density at radius 2 is 2.24 bits per heavy atom. The fraction of sp³-hybridized carbons (Fsp3) is 0.250. The molecule has 2 aromatic heterocycles. The monoisotopic (exact) mass is 246 g/mol. The Kier molecular flexibility index (Phi) is 4.32. The number of hydrogen-bond acceptors (Lipinski definition) is 5. The highest BCUT2D eigenvalue weighted by Crippen LogP contribution is 2.19. The molecule has 0 aliphatic carbocycles. The first-order valence-corrected chi connectivity index (χ1v) is 6.45. The Morgan fingerprint density at radius 3 is 3.00 bits per heavy atom. The van der Waals surface area contributed by atoms with Gasteiger partial charge in [-0.1, -0.05) is 17.8 Å². The molecule has 0 atom stereocenters. The molecule has 2 heterocycles. The van der Waals surface area contributed by atoms with Crippen LogP contribution in [0.15, 0.2) is 41.8 Å². The Balaban J connectivity index is 1.97. The van der Waals surface area contributed by atoms with Gasteiger partial charge in [-0.3, -0.25) is 4.98 Å². The van der Waals surface area contributed by atoms with Crippen LogP contribution in [0.1, 0.15) is 12.6 Å². The summed E-state index contributed by atoms with van der Waals surface area (Å²) >= 11 is 1.64. The molecule has 0 amide bonds. The second-order valence-corrected chi connectivity index (χ2v) is 4.37. The standard InChI is InChI=1S/C12H14N4S/c1-2-14-11-5-3-4-10(16-11)9-17-12-8-13-6-7-15-12/h3-8H,2,9H2,1H3,(H,14,16). The number of pyridine rings is 1. The minimum Gasteiger partial charge on any atom is -0.370 e. The summed E-state index contributed by atoms with van der Waals surface area (Å²) in [5.74, 6) is 1.72. The molecule has 17 heavy (non-hydrogen) atoms. The molecule has 0 aliphatic rings. The van der Waals surface area contributed by atoms with Gasteiger partial charge < -0.3 is 5.32 Å². The second kappa shape index (κ2) is 6.20. The Labute approximate surface area is 105 Å². The van der Waals surface area contributed by atoms with E-state index in [9.17, 15) is 0 Å². The molecular formula is C12H14N4S. The normalized spacial score (nSPS) is 10.2. The summed E-state index contributed by atoms with van der Waals surface area (Å²) < 4.78 is 0. The van der Waals surface area contributed by atoms with E-state index in [2.05, 4.69) is 27.2 Å². The molecule has 0 spiro atoms. The van der Waals surface area contributed by atoms with E-state index < -0.39 is 0 Å². The van der Waals surface area contributed by atoms with Crippen LogP contribution in [0.3, 0.4) is 0 Å². The maximum Gasteiger partial charge on any atom is 0.126 e. The van der Waals surface area contributed by atoms with Gasteiger partial charge in [-0.25, -0.2) is 9.97 Å². The third kappa shape index (κ3) is 3.71. The van der Waals surface area contributed by atoms with Crippen LogP contribution in [-0.4, -0.2) is 21.5 Å². The van der Waals surface area contributed by atoms with Crippen LogP contribution in [-0.2, 0) is 5.75 Å². The van der Waals surface area contributed by atoms with E-state index in [0.717, 1.165) is 28.8 Å². The lowest BCUT2D eigenvalue weighted by Crippen LogP contribution is -2.00. The minimum atomic E-state index is 0.803. The summed E-state index contributed by atoms with van der Waals surface area (Å²) in [6, 6.07) is 6.00. The van der Waals surface area contributed by atoms with Gasteiger partial charge in [0.2, 0.25) is 0 Å². The molecule has 1 N–H and O–H groups in total. The molecule has 5 heteroatoms. The van der Waals surface area contributed by atoms with Gasteiger partial charge in [0.05, 0.1) is 11.9 Å². The van der Waals surface area contributed by atoms with Gasteiger partial charge in [0.1, 0.15) is 10.8 Å². The predicted molar refractivity (Wildman–Crippen MR) is 70.0 cm³/mol. The highest BCUT2D eigenvalue weighted by Gasteiger charge is 1.99. The molecule has 0 fully saturated rings. The van der Waals surface area contributed by atoms with E-state index in [1.165, 1.54) is 0 Å². The number of anilines is 1. The van der Waals surface area contributed by atoms with Crippen molar-refractivity contribution < 1.29 is 0 Å². The van der Waals surface area contributed by atoms with E-state index in [1.807, 2.05) is 18.2 Å². The SMILES string of the molecule is CCNc1cccc(CSc2cnccn2)n1. The zero-order chi connectivity index (χ0) is 11.9. The maximum absolute atomic E-state index is 4.50. The van der Waals surface area contributed by atoms with Crippen LogP contribution in [0.2, 0.25) is 0 Å². The first-order chi connectivity index (χ1) is 8.38. The Morgan fingerprint density at radius 1 is 1.29 bits per heavy atom. The van der Waals surface area contributed by atoms with Crippen molar-refractivity contribution >= 4 is 17.6 Å². The third-order valence-electron chi connectivity index (χ3n) is 2.07. The van der Waals surface area contributed by atoms with E-state index in [-0.39, 0.29) is 0 Å². The van der Waals surface area contributed by atoms with Gasteiger partial charge in [0.15, 0.2) is 0 Å². The molecule has 0 radical (unpaired) electrons. The largest absolute Gasteiger partial charge is 0.370 e. The van der Waals surface area contributed by atoms with E-state index >= 15 is 0 Å². The average molecular weight is 246 g/mol. The number of thioether (sulfide) groups is 1. The molecule has 2 rings (SSSR count). The van der Waals surface area contributed by atoms with Gasteiger partial charge in [-0.2, -0.15) is 0 Å². The van der Waals surface area contributed by atoms with Crippen molar-refractivity contribution in [2.75, 3.05) is 11.9 Å². The summed E-state index contributed by atoms with van der Waals surface area (Å²) in [5, 5.41) is 4.12. The summed E-state index contributed by atoms with van der Waals surface area (Å²) in [5.41, 5.74) is 1.04. The highest BCUT2D eigenvalue weighted by atomic mass is 32.2. The van der Waals surface area contributed by atoms with Crippen LogP contribution in [0, 0.1) is 0 Å². The Bertz CT molecular complexity index is 461. The molecule has 0 unspecified atom stereocenters. The lowest BCUT2D eigenvalue weighted by molar-refractivity contribution is 1.05. The van der Waals surface area contributed by atoms with Crippen molar-refractivity contribution in [3.8, 4) is 0 Å². The molecule has 0 saturated carbocycles. The fourth-order valence-electron chi connectivity index (χ4n) is 1.35. The molecule has 0 aromatic carbocycles. The maximum atomic E-state index is 4.50. The van der Waals surface area contributed by atoms with Crippen molar-refractivity contribution in [3.63, 3.8) is 0 Å². The lowest BCUT2D eigenvalue weighted by Gasteiger charge is -2.04. The quantitative estimate of drug-likeness (QED) is 0.822. The molecule has 0 saturated heterocycles. The summed E-state index contributed by atoms with van der Waals surface area (Å²) in [7, 11) is 0. The van der Waals surface area contributed by atoms with Crippen molar-refractivity contribution in [1.29, 1.82) is 0 Å². The smallest absolute Gasteiger partial charge is 0.126 e. The van der Waals surface area contributed by atoms with Gasteiger partial charge in [0, 0.05) is 24.7 Å². The predicted octanol–water partition coefficient (Wildman–Crippen LogP) is 2.60. The fourth-order valence-corrected chi connectivity index (χ4v) is 2.07. The first kappa shape index (κ1) is 11.9. The molecule has 88 valence electrons. The van der Waals surface area contributed by atoms with Crippen molar-refractivity contribution in [2.45, 2.75) is 17.7 Å². The zero-order valence-corrected chi connectivity index (χ0v) is 10.4. The summed E-state index contributed by atoms with van der Waals surface area (Å²) in [6.07, 6.45) is 5.14. The van der Waals surface area contributed by atoms with Crippen LogP contribution in [0.25, 0.3) is 0 Å². The van der Waals surface area contributed by atoms with Crippen molar-refractivity contribution in [1.82, 2.24) is 15.0 Å². The number of hydrogen-bond donors (Lipinski definition) is 1. The third-order valence-corrected chi connectivity index (χ3v) is 3.02. The number of aromatic nitrogens is 3. The Hall–Kier alpha value is -1.62. The number of nitrogens with one attached hydrogen (secondary N) is 1.